The van der Waals surface area contributed by atoms with Gasteiger partial charge < -0.3 is 15.5 Å². The molecule has 0 atom stereocenters. The Hall–Kier alpha value is -2.08. The van der Waals surface area contributed by atoms with Gasteiger partial charge in [0.05, 0.1) is 0 Å². The third-order valence-corrected chi connectivity index (χ3v) is 5.40. The number of hydrogen-bond donors (Lipinski definition) is 2. The van der Waals surface area contributed by atoms with Crippen molar-refractivity contribution in [2.75, 3.05) is 25.5 Å². The molecule has 0 unspecified atom stereocenters. The summed E-state index contributed by atoms with van der Waals surface area (Å²) in [7, 11) is 2.10. The van der Waals surface area contributed by atoms with Crippen LogP contribution < -0.4 is 10.6 Å². The van der Waals surface area contributed by atoms with Crippen molar-refractivity contribution in [3.8, 4) is 0 Å². The molecule has 0 saturated carbocycles. The Bertz CT molecular complexity index is 858. The zero-order chi connectivity index (χ0) is 19.9. The van der Waals surface area contributed by atoms with Gasteiger partial charge in [0.2, 0.25) is 0 Å². The van der Waals surface area contributed by atoms with Gasteiger partial charge in [0, 0.05) is 35.8 Å². The van der Waals surface area contributed by atoms with Crippen LogP contribution in [-0.2, 0) is 13.0 Å². The lowest BCUT2D eigenvalue weighted by Crippen LogP contribution is -2.33. The largest absolute Gasteiger partial charge is 0.334 e. The summed E-state index contributed by atoms with van der Waals surface area (Å²) in [5.74, 6) is 0.151. The number of unbranched alkanes of at least 4 members (excludes halogenated alkanes) is 1. The zero-order valence-electron chi connectivity index (χ0n) is 16.5. The number of rotatable bonds is 9. The van der Waals surface area contributed by atoms with Crippen LogP contribution in [0.1, 0.15) is 40.7 Å². The van der Waals surface area contributed by atoms with Crippen molar-refractivity contribution >= 4 is 41.5 Å². The first kappa shape index (κ1) is 23.2. The van der Waals surface area contributed by atoms with Crippen LogP contribution in [0.25, 0.3) is 0 Å². The van der Waals surface area contributed by atoms with Crippen molar-refractivity contribution in [2.24, 2.45) is 0 Å². The number of ketones is 1. The lowest BCUT2D eigenvalue weighted by molar-refractivity contribution is 0.0978. The van der Waals surface area contributed by atoms with Crippen LogP contribution in [0.2, 0.25) is 5.02 Å². The Kier molecular flexibility index (Phi) is 8.96. The lowest BCUT2D eigenvalue weighted by Gasteiger charge is -2.19. The number of carbonyl (C=O) groups excluding carboxylic acids is 2. The summed E-state index contributed by atoms with van der Waals surface area (Å²) in [6.45, 7) is 2.36. The van der Waals surface area contributed by atoms with Crippen LogP contribution in [0.15, 0.2) is 42.5 Å². The van der Waals surface area contributed by atoms with E-state index in [0.29, 0.717) is 18.5 Å². The van der Waals surface area contributed by atoms with Crippen molar-refractivity contribution in [3.63, 3.8) is 0 Å². The molecule has 1 heterocycles. The molecule has 29 heavy (non-hydrogen) atoms. The quantitative estimate of drug-likeness (QED) is 0.433. The molecule has 0 spiro atoms. The molecule has 1 aliphatic heterocycles. The molecule has 0 aromatic heterocycles. The topological polar surface area (TPSA) is 61.4 Å². The van der Waals surface area contributed by atoms with E-state index in [1.165, 1.54) is 5.56 Å². The fraction of sp³-hybridized carbons (Fsp3) is 0.364. The zero-order valence-corrected chi connectivity index (χ0v) is 18.1. The molecule has 0 aliphatic carbocycles. The molecule has 156 valence electrons. The molecular weight excluding hydrogens is 409 g/mol. The van der Waals surface area contributed by atoms with E-state index in [2.05, 4.69) is 28.6 Å². The molecule has 3 rings (SSSR count). The Labute approximate surface area is 183 Å². The van der Waals surface area contributed by atoms with Gasteiger partial charge in [-0.05, 0) is 68.2 Å². The summed E-state index contributed by atoms with van der Waals surface area (Å²) in [6.07, 6.45) is 3.31. The molecular formula is C22H27Cl2N3O2. The predicted octanol–water partition coefficient (Wildman–Crippen LogP) is 4.92. The molecule has 0 radical (unpaired) electrons. The third kappa shape index (κ3) is 6.74. The molecule has 0 fully saturated rings. The van der Waals surface area contributed by atoms with E-state index in [1.54, 1.807) is 6.07 Å². The highest BCUT2D eigenvalue weighted by atomic mass is 35.5. The summed E-state index contributed by atoms with van der Waals surface area (Å²) in [5, 5.41) is 6.28. The molecule has 0 bridgehead atoms. The molecule has 7 heteroatoms. The Morgan fingerprint density at radius 3 is 2.72 bits per heavy atom. The number of urea groups is 1. The highest BCUT2D eigenvalue weighted by molar-refractivity contribution is 6.31. The van der Waals surface area contributed by atoms with Gasteiger partial charge in [0.25, 0.3) is 0 Å². The van der Waals surface area contributed by atoms with Gasteiger partial charge in [0.1, 0.15) is 0 Å². The second-order valence-electron chi connectivity index (χ2n) is 7.20. The summed E-state index contributed by atoms with van der Waals surface area (Å²) < 4.78 is 0. The summed E-state index contributed by atoms with van der Waals surface area (Å²) in [5.41, 5.74) is 3.61. The molecule has 2 aromatic rings. The van der Waals surface area contributed by atoms with Crippen LogP contribution in [0.4, 0.5) is 10.5 Å². The first-order chi connectivity index (χ1) is 13.5. The number of Topliss-reactive ketones (excluding diaryl/α,β-unsaturated/α-hetero) is 1. The van der Waals surface area contributed by atoms with E-state index in [9.17, 15) is 9.59 Å². The van der Waals surface area contributed by atoms with E-state index < -0.39 is 0 Å². The summed E-state index contributed by atoms with van der Waals surface area (Å²) >= 11 is 6.20. The van der Waals surface area contributed by atoms with Gasteiger partial charge >= 0.3 is 6.03 Å². The minimum atomic E-state index is -0.203. The maximum absolute atomic E-state index is 12.5. The molecule has 2 aromatic carbocycles. The number of halogens is 2. The standard InChI is InChI=1S/C22H26ClN3O2.ClH/c1-26(13-11-16-6-2-3-7-19(16)23)12-5-4-8-21(27)17-9-10-20-18(14-17)15-24-22(28)25-20;/h2-3,6-7,9-10,14H,4-5,8,11-13,15H2,1H3,(H2,24,25,28);1H. The molecule has 5 nitrogen and oxygen atoms in total. The van der Waals surface area contributed by atoms with Gasteiger partial charge in [-0.1, -0.05) is 29.8 Å². The average molecular weight is 436 g/mol. The van der Waals surface area contributed by atoms with Crippen LogP contribution in [0.3, 0.4) is 0 Å². The van der Waals surface area contributed by atoms with Crippen molar-refractivity contribution in [1.29, 1.82) is 0 Å². The van der Waals surface area contributed by atoms with E-state index in [0.717, 1.165) is 48.6 Å². The van der Waals surface area contributed by atoms with Gasteiger partial charge in [-0.2, -0.15) is 0 Å². The predicted molar refractivity (Wildman–Crippen MR) is 120 cm³/mol. The van der Waals surface area contributed by atoms with Crippen LogP contribution in [0.5, 0.6) is 0 Å². The van der Waals surface area contributed by atoms with E-state index in [4.69, 9.17) is 11.6 Å². The average Bonchev–Trinajstić information content (AvgIpc) is 2.70. The Balaban J connectivity index is 0.00000300. The lowest BCUT2D eigenvalue weighted by atomic mass is 10.0. The van der Waals surface area contributed by atoms with Crippen molar-refractivity contribution in [3.05, 3.63) is 64.2 Å². The second kappa shape index (κ2) is 11.2. The third-order valence-electron chi connectivity index (χ3n) is 5.03. The first-order valence-electron chi connectivity index (χ1n) is 9.66. The van der Waals surface area contributed by atoms with E-state index in [1.807, 2.05) is 30.3 Å². The fourth-order valence-electron chi connectivity index (χ4n) is 3.31. The first-order valence-corrected chi connectivity index (χ1v) is 10.0. The van der Waals surface area contributed by atoms with Crippen molar-refractivity contribution in [1.82, 2.24) is 10.2 Å². The minimum Gasteiger partial charge on any atom is -0.334 e. The van der Waals surface area contributed by atoms with Crippen molar-refractivity contribution in [2.45, 2.75) is 32.2 Å². The normalized spacial score (nSPS) is 12.6. The highest BCUT2D eigenvalue weighted by Gasteiger charge is 2.15. The Morgan fingerprint density at radius 1 is 1.14 bits per heavy atom. The number of nitrogens with one attached hydrogen (secondary N) is 2. The van der Waals surface area contributed by atoms with Gasteiger partial charge in [0.15, 0.2) is 5.78 Å². The van der Waals surface area contributed by atoms with E-state index >= 15 is 0 Å². The maximum Gasteiger partial charge on any atom is 0.319 e. The van der Waals surface area contributed by atoms with Gasteiger partial charge in [-0.3, -0.25) is 4.79 Å². The van der Waals surface area contributed by atoms with Gasteiger partial charge in [-0.25, -0.2) is 4.79 Å². The molecule has 1 aliphatic rings. The van der Waals surface area contributed by atoms with Crippen LogP contribution in [-0.4, -0.2) is 36.9 Å². The number of nitrogens with zero attached hydrogens (tertiary/aromatic N) is 1. The monoisotopic (exact) mass is 435 g/mol. The number of carbonyl (C=O) groups is 2. The molecule has 2 N–H and O–H groups in total. The molecule has 2 amide bonds. The minimum absolute atomic E-state index is 0. The van der Waals surface area contributed by atoms with Crippen LogP contribution >= 0.6 is 24.0 Å². The second-order valence-corrected chi connectivity index (χ2v) is 7.61. The highest BCUT2D eigenvalue weighted by Crippen LogP contribution is 2.21. The summed E-state index contributed by atoms with van der Waals surface area (Å²) in [6, 6.07) is 13.2. The Morgan fingerprint density at radius 2 is 1.93 bits per heavy atom. The number of amides is 2. The summed E-state index contributed by atoms with van der Waals surface area (Å²) in [4.78, 5) is 26.0. The maximum atomic E-state index is 12.5. The number of benzene rings is 2. The number of hydrogen-bond acceptors (Lipinski definition) is 3. The number of anilines is 1. The fourth-order valence-corrected chi connectivity index (χ4v) is 3.54. The SMILES string of the molecule is CN(CCCCC(=O)c1ccc2c(c1)CNC(=O)N2)CCc1ccccc1Cl.Cl. The smallest absolute Gasteiger partial charge is 0.319 e. The molecule has 0 saturated heterocycles. The number of fused-ring (bicyclic) bond motifs is 1. The van der Waals surface area contributed by atoms with Crippen LogP contribution in [0, 0.1) is 0 Å². The number of likely N-dealkylation sites (N-methyl/N-ethyl adjacent to an activating group) is 1. The van der Waals surface area contributed by atoms with Crippen molar-refractivity contribution < 1.29 is 9.59 Å². The van der Waals surface area contributed by atoms with Gasteiger partial charge in [-0.15, -0.1) is 12.4 Å². The van der Waals surface area contributed by atoms with E-state index in [-0.39, 0.29) is 24.2 Å².